The van der Waals surface area contributed by atoms with Gasteiger partial charge >= 0.3 is 0 Å². The number of nitrogens with two attached hydrogens (primary N) is 1. The number of carbonyl (C=O) groups excluding carboxylic acids is 1. The zero-order valence-electron chi connectivity index (χ0n) is 16.9. The average Bonchev–Trinajstić information content (AvgIpc) is 2.94. The number of carbonyl (C=O) groups is 1. The highest BCUT2D eigenvalue weighted by Gasteiger charge is 2.37. The molecular weight excluding hydrogens is 348 g/mol. The van der Waals surface area contributed by atoms with Crippen LogP contribution < -0.4 is 10.7 Å². The molecule has 2 aromatic heterocycles. The van der Waals surface area contributed by atoms with Gasteiger partial charge in [0.25, 0.3) is 0 Å². The summed E-state index contributed by atoms with van der Waals surface area (Å²) in [7, 11) is 4.03. The molecule has 1 aliphatic rings. The molecule has 5 heteroatoms. The predicted octanol–water partition coefficient (Wildman–Crippen LogP) is 4.15. The van der Waals surface area contributed by atoms with Gasteiger partial charge in [0.2, 0.25) is 0 Å². The van der Waals surface area contributed by atoms with Gasteiger partial charge in [-0.1, -0.05) is 26.0 Å². The first-order valence-corrected chi connectivity index (χ1v) is 9.52. The van der Waals surface area contributed by atoms with Gasteiger partial charge < -0.3 is 10.7 Å². The maximum Gasteiger partial charge on any atom is 0.165 e. The lowest BCUT2D eigenvalue weighted by Crippen LogP contribution is -2.29. The van der Waals surface area contributed by atoms with Crippen LogP contribution in [0.15, 0.2) is 48.8 Å². The molecular formula is C23H26N4O. The van der Waals surface area contributed by atoms with E-state index in [-0.39, 0.29) is 11.2 Å². The van der Waals surface area contributed by atoms with Crippen molar-refractivity contribution in [3.63, 3.8) is 0 Å². The Balaban J connectivity index is 2.00. The van der Waals surface area contributed by atoms with Crippen LogP contribution in [-0.2, 0) is 6.42 Å². The van der Waals surface area contributed by atoms with Crippen molar-refractivity contribution in [2.24, 2.45) is 5.41 Å². The number of benzene rings is 1. The maximum atomic E-state index is 13.2. The normalized spacial score (nSPS) is 15.4. The lowest BCUT2D eigenvalue weighted by Gasteiger charge is -2.29. The number of pyridine rings is 1. The molecule has 2 N–H and O–H groups in total. The van der Waals surface area contributed by atoms with Crippen molar-refractivity contribution in [3.05, 3.63) is 60.0 Å². The first-order chi connectivity index (χ1) is 13.3. The van der Waals surface area contributed by atoms with E-state index in [9.17, 15) is 4.79 Å². The summed E-state index contributed by atoms with van der Waals surface area (Å²) in [5, 5.41) is 0. The third kappa shape index (κ3) is 2.97. The van der Waals surface area contributed by atoms with E-state index in [1.807, 2.05) is 26.2 Å². The predicted molar refractivity (Wildman–Crippen MR) is 114 cm³/mol. The van der Waals surface area contributed by atoms with Gasteiger partial charge in [0.05, 0.1) is 11.4 Å². The molecule has 0 fully saturated rings. The second kappa shape index (κ2) is 6.51. The van der Waals surface area contributed by atoms with Crippen LogP contribution in [0.5, 0.6) is 0 Å². The van der Waals surface area contributed by atoms with Gasteiger partial charge in [-0.15, -0.1) is 0 Å². The molecule has 0 unspecified atom stereocenters. The van der Waals surface area contributed by atoms with E-state index in [0.717, 1.165) is 45.7 Å². The van der Waals surface area contributed by atoms with Crippen LogP contribution in [0.3, 0.4) is 0 Å². The zero-order valence-corrected chi connectivity index (χ0v) is 16.9. The highest BCUT2D eigenvalue weighted by Crippen LogP contribution is 2.45. The molecule has 28 heavy (non-hydrogen) atoms. The minimum Gasteiger partial charge on any atom is -0.378 e. The number of hydrogen-bond donors (Lipinski definition) is 1. The summed E-state index contributed by atoms with van der Waals surface area (Å²) in [6.07, 6.45) is 4.82. The molecule has 0 spiro atoms. The maximum absolute atomic E-state index is 13.2. The number of nitrogens with zero attached hydrogens (tertiary/aromatic N) is 3. The van der Waals surface area contributed by atoms with E-state index >= 15 is 0 Å². The number of anilines is 1. The Morgan fingerprint density at radius 2 is 1.61 bits per heavy atom. The summed E-state index contributed by atoms with van der Waals surface area (Å²) in [6, 6.07) is 12.2. The van der Waals surface area contributed by atoms with Crippen molar-refractivity contribution in [1.29, 1.82) is 0 Å². The van der Waals surface area contributed by atoms with Gasteiger partial charge in [-0.3, -0.25) is 14.5 Å². The second-order valence-corrected chi connectivity index (χ2v) is 8.53. The second-order valence-electron chi connectivity index (χ2n) is 8.53. The summed E-state index contributed by atoms with van der Waals surface area (Å²) in [5.74, 6) is 6.76. The van der Waals surface area contributed by atoms with Crippen molar-refractivity contribution in [1.82, 2.24) is 9.66 Å². The lowest BCUT2D eigenvalue weighted by molar-refractivity contribution is 0.0911. The van der Waals surface area contributed by atoms with Gasteiger partial charge in [0.1, 0.15) is 0 Å². The van der Waals surface area contributed by atoms with Crippen molar-refractivity contribution in [2.75, 3.05) is 24.8 Å². The van der Waals surface area contributed by atoms with Crippen LogP contribution in [-0.4, -0.2) is 29.5 Å². The monoisotopic (exact) mass is 374 g/mol. The molecule has 0 radical (unpaired) electrons. The molecule has 5 nitrogen and oxygen atoms in total. The molecule has 144 valence electrons. The third-order valence-electron chi connectivity index (χ3n) is 5.50. The number of ketones is 1. The number of rotatable bonds is 3. The Kier molecular flexibility index (Phi) is 4.26. The van der Waals surface area contributed by atoms with Crippen LogP contribution in [0.25, 0.3) is 22.4 Å². The van der Waals surface area contributed by atoms with Gasteiger partial charge in [-0.2, -0.15) is 0 Å². The largest absolute Gasteiger partial charge is 0.378 e. The van der Waals surface area contributed by atoms with Crippen LogP contribution in [0.1, 0.15) is 36.3 Å². The molecule has 0 aliphatic heterocycles. The van der Waals surface area contributed by atoms with Gasteiger partial charge in [-0.25, -0.2) is 0 Å². The van der Waals surface area contributed by atoms with Crippen molar-refractivity contribution in [2.45, 2.75) is 26.7 Å². The summed E-state index contributed by atoms with van der Waals surface area (Å²) < 4.78 is 1.72. The zero-order chi connectivity index (χ0) is 20.1. The Labute approximate surface area is 165 Å². The number of Topliss-reactive ketones (excluding diaryl/α,β-unsaturated/α-hetero) is 1. The molecule has 3 aromatic rings. The standard InChI is InChI=1S/C23H26N4O/c1-23(2)13-18-21(19(28)14-23)20(15-5-7-17(8-6-15)26(3)4)22(27(18)24)16-9-11-25-12-10-16/h5-12H,13-14,24H2,1-4H3. The lowest BCUT2D eigenvalue weighted by atomic mass is 9.75. The Morgan fingerprint density at radius 1 is 0.964 bits per heavy atom. The summed E-state index contributed by atoms with van der Waals surface area (Å²) in [4.78, 5) is 19.4. The van der Waals surface area contributed by atoms with E-state index in [2.05, 4.69) is 48.0 Å². The van der Waals surface area contributed by atoms with Crippen LogP contribution in [0.4, 0.5) is 5.69 Å². The van der Waals surface area contributed by atoms with Crippen LogP contribution >= 0.6 is 0 Å². The van der Waals surface area contributed by atoms with E-state index in [1.165, 1.54) is 0 Å². The van der Waals surface area contributed by atoms with Gasteiger partial charge in [0.15, 0.2) is 5.78 Å². The topological polar surface area (TPSA) is 64.2 Å². The minimum absolute atomic E-state index is 0.0961. The minimum atomic E-state index is -0.0961. The highest BCUT2D eigenvalue weighted by molar-refractivity contribution is 6.08. The molecule has 1 aliphatic carbocycles. The van der Waals surface area contributed by atoms with Gasteiger partial charge in [0, 0.05) is 55.3 Å². The fourth-order valence-electron chi connectivity index (χ4n) is 4.15. The van der Waals surface area contributed by atoms with Crippen molar-refractivity contribution < 1.29 is 4.79 Å². The Hall–Kier alpha value is -3.08. The van der Waals surface area contributed by atoms with E-state index < -0.39 is 0 Å². The molecule has 0 saturated heterocycles. The molecule has 0 saturated carbocycles. The van der Waals surface area contributed by atoms with Gasteiger partial charge in [-0.05, 0) is 41.7 Å². The molecule has 0 atom stereocenters. The van der Waals surface area contributed by atoms with Crippen molar-refractivity contribution in [3.8, 4) is 22.4 Å². The van der Waals surface area contributed by atoms with Crippen molar-refractivity contribution >= 4 is 11.5 Å². The molecule has 2 heterocycles. The molecule has 0 amide bonds. The summed E-state index contributed by atoms with van der Waals surface area (Å²) in [5.41, 5.74) is 6.47. The fraction of sp³-hybridized carbons (Fsp3) is 0.304. The van der Waals surface area contributed by atoms with E-state index in [1.54, 1.807) is 17.1 Å². The summed E-state index contributed by atoms with van der Waals surface area (Å²) >= 11 is 0. The number of nitrogen functional groups attached to an aromatic ring is 1. The van der Waals surface area contributed by atoms with E-state index in [4.69, 9.17) is 5.84 Å². The third-order valence-corrected chi connectivity index (χ3v) is 5.50. The summed E-state index contributed by atoms with van der Waals surface area (Å²) in [6.45, 7) is 4.25. The Bertz CT molecular complexity index is 1030. The molecule has 4 rings (SSSR count). The van der Waals surface area contributed by atoms with E-state index in [0.29, 0.717) is 6.42 Å². The van der Waals surface area contributed by atoms with Crippen LogP contribution in [0.2, 0.25) is 0 Å². The highest BCUT2D eigenvalue weighted by atomic mass is 16.1. The SMILES string of the molecule is CN(C)c1ccc(-c2c3c(n(N)c2-c2ccncc2)CC(C)(C)CC3=O)cc1. The fourth-order valence-corrected chi connectivity index (χ4v) is 4.15. The number of hydrogen-bond acceptors (Lipinski definition) is 4. The molecule has 1 aromatic carbocycles. The first-order valence-electron chi connectivity index (χ1n) is 9.52. The van der Waals surface area contributed by atoms with Crippen LogP contribution in [0, 0.1) is 5.41 Å². The quantitative estimate of drug-likeness (QED) is 0.700. The number of aromatic nitrogens is 2. The molecule has 0 bridgehead atoms. The smallest absolute Gasteiger partial charge is 0.165 e. The number of fused-ring (bicyclic) bond motifs is 1. The average molecular weight is 374 g/mol. The first kappa shape index (κ1) is 18.3. The Morgan fingerprint density at radius 3 is 2.21 bits per heavy atom.